The summed E-state index contributed by atoms with van der Waals surface area (Å²) >= 11 is 0. The van der Waals surface area contributed by atoms with E-state index in [-0.39, 0.29) is 12.6 Å². The minimum atomic E-state index is -0.615. The zero-order valence-corrected chi connectivity index (χ0v) is 7.42. The van der Waals surface area contributed by atoms with Crippen molar-refractivity contribution in [3.05, 3.63) is 0 Å². The summed E-state index contributed by atoms with van der Waals surface area (Å²) in [4.78, 5) is 21.2. The lowest BCUT2D eigenvalue weighted by molar-refractivity contribution is -0.139. The monoisotopic (exact) mass is 175 g/mol. The highest BCUT2D eigenvalue weighted by atomic mass is 16.6. The Kier molecular flexibility index (Phi) is 4.83. The van der Waals surface area contributed by atoms with Crippen LogP contribution in [0, 0.1) is 0 Å². The molecular weight excluding hydrogens is 162 g/mol. The number of ether oxygens (including phenoxy) is 2. The van der Waals surface area contributed by atoms with Gasteiger partial charge in [-0.05, 0) is 13.8 Å². The number of hydrogen-bond donors (Lipinski definition) is 1. The van der Waals surface area contributed by atoms with E-state index in [2.05, 4.69) is 14.8 Å². The summed E-state index contributed by atoms with van der Waals surface area (Å²) < 4.78 is 8.98. The van der Waals surface area contributed by atoms with Gasteiger partial charge in [-0.1, -0.05) is 0 Å². The van der Waals surface area contributed by atoms with Gasteiger partial charge in [0.25, 0.3) is 0 Å². The summed E-state index contributed by atoms with van der Waals surface area (Å²) in [5.74, 6) is -0.504. The number of hydrogen-bond acceptors (Lipinski definition) is 4. The number of alkyl carbamates (subject to hydrolysis) is 1. The highest BCUT2D eigenvalue weighted by Gasteiger charge is 2.06. The van der Waals surface area contributed by atoms with Crippen LogP contribution in [-0.2, 0) is 14.3 Å². The summed E-state index contributed by atoms with van der Waals surface area (Å²) in [6.07, 6.45) is -0.807. The van der Waals surface area contributed by atoms with E-state index in [1.165, 1.54) is 7.11 Å². The molecule has 0 aromatic carbocycles. The Morgan fingerprint density at radius 3 is 2.42 bits per heavy atom. The van der Waals surface area contributed by atoms with Gasteiger partial charge < -0.3 is 14.8 Å². The summed E-state index contributed by atoms with van der Waals surface area (Å²) in [6.45, 7) is 3.28. The highest BCUT2D eigenvalue weighted by Crippen LogP contribution is 1.87. The summed E-state index contributed by atoms with van der Waals surface area (Å²) in [6, 6.07) is 0. The van der Waals surface area contributed by atoms with E-state index in [1.54, 1.807) is 13.8 Å². The lowest BCUT2D eigenvalue weighted by atomic mass is 10.5. The molecule has 0 aromatic rings. The Morgan fingerprint density at radius 1 is 1.42 bits per heavy atom. The molecule has 0 atom stereocenters. The van der Waals surface area contributed by atoms with Crippen LogP contribution in [0.2, 0.25) is 0 Å². The quantitative estimate of drug-likeness (QED) is 0.626. The Morgan fingerprint density at radius 2 is 2.00 bits per heavy atom. The van der Waals surface area contributed by atoms with Crippen LogP contribution >= 0.6 is 0 Å². The molecule has 70 valence electrons. The molecule has 5 heteroatoms. The van der Waals surface area contributed by atoms with Crippen molar-refractivity contribution in [2.45, 2.75) is 20.0 Å². The molecule has 1 N–H and O–H groups in total. The Bertz CT molecular complexity index is 167. The zero-order valence-electron chi connectivity index (χ0n) is 7.42. The molecule has 0 heterocycles. The first-order valence-electron chi connectivity index (χ1n) is 3.57. The molecule has 0 aromatic heterocycles. The molecule has 1 amide bonds. The fourth-order valence-electron chi connectivity index (χ4n) is 0.472. The Hall–Kier alpha value is -1.26. The van der Waals surface area contributed by atoms with Crippen molar-refractivity contribution in [2.75, 3.05) is 13.7 Å². The topological polar surface area (TPSA) is 64.6 Å². The van der Waals surface area contributed by atoms with Gasteiger partial charge in [-0.3, -0.25) is 4.79 Å². The predicted molar refractivity (Wildman–Crippen MR) is 41.6 cm³/mol. The number of rotatable bonds is 3. The lowest BCUT2D eigenvalue weighted by Crippen LogP contribution is -2.32. The number of esters is 1. The van der Waals surface area contributed by atoms with Crippen LogP contribution in [0.5, 0.6) is 0 Å². The van der Waals surface area contributed by atoms with Crippen molar-refractivity contribution in [1.82, 2.24) is 5.32 Å². The fourth-order valence-corrected chi connectivity index (χ4v) is 0.472. The van der Waals surface area contributed by atoms with Crippen molar-refractivity contribution in [3.63, 3.8) is 0 Å². The van der Waals surface area contributed by atoms with Crippen LogP contribution in [0.25, 0.3) is 0 Å². The molecule has 0 fully saturated rings. The molecule has 0 spiro atoms. The first-order valence-corrected chi connectivity index (χ1v) is 3.57. The van der Waals surface area contributed by atoms with Gasteiger partial charge in [0.05, 0.1) is 13.2 Å². The molecule has 5 nitrogen and oxygen atoms in total. The van der Waals surface area contributed by atoms with Gasteiger partial charge in [0.2, 0.25) is 0 Å². The number of nitrogens with one attached hydrogen (secondary N) is 1. The van der Waals surface area contributed by atoms with Gasteiger partial charge in [0.15, 0.2) is 0 Å². The summed E-state index contributed by atoms with van der Waals surface area (Å²) in [5, 5.41) is 2.23. The van der Waals surface area contributed by atoms with E-state index >= 15 is 0 Å². The normalized spacial score (nSPS) is 9.33. The average Bonchev–Trinajstić information content (AvgIpc) is 1.99. The molecule has 0 bridgehead atoms. The van der Waals surface area contributed by atoms with Gasteiger partial charge in [-0.25, -0.2) is 4.79 Å². The number of methoxy groups -OCH3 is 1. The van der Waals surface area contributed by atoms with Gasteiger partial charge >= 0.3 is 12.1 Å². The van der Waals surface area contributed by atoms with Crippen LogP contribution in [0.1, 0.15) is 13.8 Å². The van der Waals surface area contributed by atoms with Gasteiger partial charge in [0.1, 0.15) is 6.54 Å². The van der Waals surface area contributed by atoms with E-state index in [0.717, 1.165) is 0 Å². The van der Waals surface area contributed by atoms with E-state index in [9.17, 15) is 9.59 Å². The Labute approximate surface area is 71.0 Å². The van der Waals surface area contributed by atoms with Crippen LogP contribution in [0.3, 0.4) is 0 Å². The van der Waals surface area contributed by atoms with Crippen molar-refractivity contribution in [2.24, 2.45) is 0 Å². The molecule has 0 saturated heterocycles. The molecule has 0 aliphatic carbocycles. The van der Waals surface area contributed by atoms with Crippen molar-refractivity contribution >= 4 is 12.1 Å². The highest BCUT2D eigenvalue weighted by molar-refractivity contribution is 5.77. The second-order valence-corrected chi connectivity index (χ2v) is 2.38. The lowest BCUT2D eigenvalue weighted by Gasteiger charge is -2.07. The van der Waals surface area contributed by atoms with Crippen molar-refractivity contribution in [3.8, 4) is 0 Å². The van der Waals surface area contributed by atoms with Gasteiger partial charge in [-0.15, -0.1) is 0 Å². The molecular formula is C7H13NO4. The molecule has 0 aliphatic heterocycles. The fraction of sp³-hybridized carbons (Fsp3) is 0.714. The van der Waals surface area contributed by atoms with E-state index in [0.29, 0.717) is 0 Å². The molecule has 0 unspecified atom stereocenters. The van der Waals surface area contributed by atoms with E-state index in [1.807, 2.05) is 0 Å². The van der Waals surface area contributed by atoms with Crippen LogP contribution < -0.4 is 5.32 Å². The number of amides is 1. The molecule has 0 rings (SSSR count). The van der Waals surface area contributed by atoms with Crippen LogP contribution in [0.4, 0.5) is 4.79 Å². The SMILES string of the molecule is COC(=O)CNC(=O)OC(C)C. The maximum Gasteiger partial charge on any atom is 0.407 e. The summed E-state index contributed by atoms with van der Waals surface area (Å²) in [7, 11) is 1.25. The van der Waals surface area contributed by atoms with Crippen LogP contribution in [0.15, 0.2) is 0 Å². The summed E-state index contributed by atoms with van der Waals surface area (Å²) in [5.41, 5.74) is 0. The minimum Gasteiger partial charge on any atom is -0.468 e. The second-order valence-electron chi connectivity index (χ2n) is 2.38. The largest absolute Gasteiger partial charge is 0.468 e. The van der Waals surface area contributed by atoms with Crippen LogP contribution in [-0.4, -0.2) is 31.8 Å². The number of carbonyl (C=O) groups excluding carboxylic acids is 2. The molecule has 0 radical (unpaired) electrons. The Balaban J connectivity index is 3.51. The average molecular weight is 175 g/mol. The minimum absolute atomic E-state index is 0.165. The van der Waals surface area contributed by atoms with Gasteiger partial charge in [0, 0.05) is 0 Å². The van der Waals surface area contributed by atoms with Gasteiger partial charge in [-0.2, -0.15) is 0 Å². The standard InChI is InChI=1S/C7H13NO4/c1-5(2)12-7(10)8-4-6(9)11-3/h5H,4H2,1-3H3,(H,8,10). The predicted octanol–water partition coefficient (Wildman–Crippen LogP) is 0.294. The molecule has 12 heavy (non-hydrogen) atoms. The maximum atomic E-state index is 10.7. The molecule has 0 aliphatic rings. The molecule has 0 saturated carbocycles. The van der Waals surface area contributed by atoms with E-state index in [4.69, 9.17) is 0 Å². The smallest absolute Gasteiger partial charge is 0.407 e. The zero-order chi connectivity index (χ0) is 9.56. The first-order chi connectivity index (χ1) is 5.56. The van der Waals surface area contributed by atoms with E-state index < -0.39 is 12.1 Å². The third-order valence-corrected chi connectivity index (χ3v) is 0.947. The van der Waals surface area contributed by atoms with Crippen molar-refractivity contribution in [1.29, 1.82) is 0 Å². The van der Waals surface area contributed by atoms with Crippen molar-refractivity contribution < 1.29 is 19.1 Å². The first kappa shape index (κ1) is 10.7. The second kappa shape index (κ2) is 5.40. The maximum absolute atomic E-state index is 10.7. The third-order valence-electron chi connectivity index (χ3n) is 0.947. The number of carbonyl (C=O) groups is 2. The third kappa shape index (κ3) is 5.52.